The predicted octanol–water partition coefficient (Wildman–Crippen LogP) is 2.04. The lowest BCUT2D eigenvalue weighted by Crippen LogP contribution is -2.13. The summed E-state index contributed by atoms with van der Waals surface area (Å²) in [6.45, 7) is 1.97. The monoisotopic (exact) mass is 213 g/mol. The fourth-order valence-corrected chi connectivity index (χ4v) is 1.34. The highest BCUT2D eigenvalue weighted by molar-refractivity contribution is 6.02. The number of nitrogens with one attached hydrogen (secondary N) is 1. The minimum Gasteiger partial charge on any atom is -0.321 e. The largest absolute Gasteiger partial charge is 0.321 e. The molecule has 0 aliphatic heterocycles. The van der Waals surface area contributed by atoms with Crippen molar-refractivity contribution in [2.24, 2.45) is 0 Å². The van der Waals surface area contributed by atoms with E-state index in [0.717, 1.165) is 11.3 Å². The summed E-state index contributed by atoms with van der Waals surface area (Å²) in [6, 6.07) is 9.18. The number of amides is 1. The van der Waals surface area contributed by atoms with E-state index in [2.05, 4.69) is 15.3 Å². The van der Waals surface area contributed by atoms with Crippen LogP contribution in [0.15, 0.2) is 42.9 Å². The number of aryl methyl sites for hydroxylation is 1. The molecule has 0 aliphatic rings. The van der Waals surface area contributed by atoms with E-state index < -0.39 is 0 Å². The lowest BCUT2D eigenvalue weighted by molar-refractivity contribution is 0.102. The van der Waals surface area contributed by atoms with Gasteiger partial charge in [-0.25, -0.2) is 9.97 Å². The van der Waals surface area contributed by atoms with Crippen LogP contribution in [0.4, 0.5) is 5.69 Å². The average molecular weight is 213 g/mol. The number of anilines is 1. The summed E-state index contributed by atoms with van der Waals surface area (Å²) < 4.78 is 0. The van der Waals surface area contributed by atoms with E-state index in [0.29, 0.717) is 5.69 Å². The third-order valence-electron chi connectivity index (χ3n) is 2.09. The summed E-state index contributed by atoms with van der Waals surface area (Å²) in [4.78, 5) is 19.4. The molecule has 1 amide bonds. The molecule has 0 saturated carbocycles. The van der Waals surface area contributed by atoms with Gasteiger partial charge in [-0.3, -0.25) is 4.79 Å². The molecule has 0 aliphatic carbocycles. The van der Waals surface area contributed by atoms with Crippen LogP contribution in [-0.4, -0.2) is 15.9 Å². The van der Waals surface area contributed by atoms with Crippen LogP contribution in [0.5, 0.6) is 0 Å². The number of rotatable bonds is 2. The fourth-order valence-electron chi connectivity index (χ4n) is 1.34. The molecule has 1 N–H and O–H groups in total. The molecule has 0 atom stereocenters. The Balaban J connectivity index is 2.14. The standard InChI is InChI=1S/C12H11N3O/c1-9-3-2-4-10(7-9)15-12(16)11-5-6-13-8-14-11/h2-8H,1H3,(H,15,16). The molecule has 0 radical (unpaired) electrons. The molecule has 0 spiro atoms. The molecular weight excluding hydrogens is 202 g/mol. The van der Waals surface area contributed by atoms with Gasteiger partial charge < -0.3 is 5.32 Å². The van der Waals surface area contributed by atoms with Gasteiger partial charge in [-0.1, -0.05) is 12.1 Å². The molecule has 1 heterocycles. The molecule has 0 unspecified atom stereocenters. The van der Waals surface area contributed by atoms with Crippen LogP contribution in [0.2, 0.25) is 0 Å². The van der Waals surface area contributed by atoms with Crippen molar-refractivity contribution in [3.05, 3.63) is 54.1 Å². The molecule has 4 heteroatoms. The Labute approximate surface area is 93.4 Å². The Morgan fingerprint density at radius 3 is 2.88 bits per heavy atom. The lowest BCUT2D eigenvalue weighted by atomic mass is 10.2. The molecule has 16 heavy (non-hydrogen) atoms. The Morgan fingerprint density at radius 2 is 2.19 bits per heavy atom. The molecule has 0 fully saturated rings. The van der Waals surface area contributed by atoms with E-state index in [1.54, 1.807) is 6.07 Å². The molecule has 80 valence electrons. The summed E-state index contributed by atoms with van der Waals surface area (Å²) >= 11 is 0. The van der Waals surface area contributed by atoms with Gasteiger partial charge in [-0.15, -0.1) is 0 Å². The van der Waals surface area contributed by atoms with Gasteiger partial charge in [0.05, 0.1) is 0 Å². The van der Waals surface area contributed by atoms with E-state index in [9.17, 15) is 4.79 Å². The Kier molecular flexibility index (Phi) is 2.91. The van der Waals surface area contributed by atoms with Gasteiger partial charge in [0, 0.05) is 11.9 Å². The molecule has 0 bridgehead atoms. The van der Waals surface area contributed by atoms with Gasteiger partial charge in [0.25, 0.3) is 5.91 Å². The third kappa shape index (κ3) is 2.42. The van der Waals surface area contributed by atoms with Gasteiger partial charge >= 0.3 is 0 Å². The Bertz CT molecular complexity index is 497. The summed E-state index contributed by atoms with van der Waals surface area (Å²) in [6.07, 6.45) is 2.89. The summed E-state index contributed by atoms with van der Waals surface area (Å²) in [7, 11) is 0. The van der Waals surface area contributed by atoms with Crippen LogP contribution in [-0.2, 0) is 0 Å². The molecule has 0 saturated heterocycles. The van der Waals surface area contributed by atoms with Gasteiger partial charge in [0.15, 0.2) is 0 Å². The fraction of sp³-hybridized carbons (Fsp3) is 0.0833. The van der Waals surface area contributed by atoms with Gasteiger partial charge in [-0.05, 0) is 30.7 Å². The third-order valence-corrected chi connectivity index (χ3v) is 2.09. The second-order valence-electron chi connectivity index (χ2n) is 3.42. The van der Waals surface area contributed by atoms with E-state index in [1.807, 2.05) is 31.2 Å². The predicted molar refractivity (Wildman–Crippen MR) is 61.2 cm³/mol. The van der Waals surface area contributed by atoms with Crippen molar-refractivity contribution in [3.63, 3.8) is 0 Å². The second-order valence-corrected chi connectivity index (χ2v) is 3.42. The highest BCUT2D eigenvalue weighted by Crippen LogP contribution is 2.10. The number of hydrogen-bond donors (Lipinski definition) is 1. The van der Waals surface area contributed by atoms with Crippen LogP contribution in [0.1, 0.15) is 16.1 Å². The average Bonchev–Trinajstić information content (AvgIpc) is 2.30. The first kappa shape index (κ1) is 10.3. The number of carbonyl (C=O) groups is 1. The van der Waals surface area contributed by atoms with Crippen LogP contribution < -0.4 is 5.32 Å². The van der Waals surface area contributed by atoms with E-state index in [4.69, 9.17) is 0 Å². The number of benzene rings is 1. The quantitative estimate of drug-likeness (QED) is 0.830. The molecular formula is C12H11N3O. The maximum absolute atomic E-state index is 11.7. The SMILES string of the molecule is Cc1cccc(NC(=O)c2ccncn2)c1. The van der Waals surface area contributed by atoms with Crippen molar-refractivity contribution in [2.45, 2.75) is 6.92 Å². The molecule has 1 aromatic carbocycles. The van der Waals surface area contributed by atoms with Crippen molar-refractivity contribution in [3.8, 4) is 0 Å². The van der Waals surface area contributed by atoms with Crippen molar-refractivity contribution >= 4 is 11.6 Å². The van der Waals surface area contributed by atoms with Gasteiger partial charge in [0.1, 0.15) is 12.0 Å². The van der Waals surface area contributed by atoms with Crippen LogP contribution in [0.25, 0.3) is 0 Å². The highest BCUT2D eigenvalue weighted by Gasteiger charge is 2.06. The van der Waals surface area contributed by atoms with E-state index >= 15 is 0 Å². The lowest BCUT2D eigenvalue weighted by Gasteiger charge is -2.04. The molecule has 2 aromatic rings. The van der Waals surface area contributed by atoms with E-state index in [1.165, 1.54) is 12.5 Å². The van der Waals surface area contributed by atoms with Crippen LogP contribution in [0, 0.1) is 6.92 Å². The first-order valence-corrected chi connectivity index (χ1v) is 4.90. The second kappa shape index (κ2) is 4.53. The Morgan fingerprint density at radius 1 is 1.31 bits per heavy atom. The first-order valence-electron chi connectivity index (χ1n) is 4.90. The number of carbonyl (C=O) groups excluding carboxylic acids is 1. The van der Waals surface area contributed by atoms with E-state index in [-0.39, 0.29) is 5.91 Å². The zero-order valence-corrected chi connectivity index (χ0v) is 8.84. The molecule has 2 rings (SSSR count). The Hall–Kier alpha value is -2.23. The van der Waals surface area contributed by atoms with Crippen molar-refractivity contribution in [1.29, 1.82) is 0 Å². The molecule has 4 nitrogen and oxygen atoms in total. The van der Waals surface area contributed by atoms with Gasteiger partial charge in [-0.2, -0.15) is 0 Å². The maximum atomic E-state index is 11.7. The summed E-state index contributed by atoms with van der Waals surface area (Å²) in [5.41, 5.74) is 2.22. The normalized spacial score (nSPS) is 9.81. The van der Waals surface area contributed by atoms with Crippen molar-refractivity contribution in [1.82, 2.24) is 9.97 Å². The van der Waals surface area contributed by atoms with Crippen molar-refractivity contribution in [2.75, 3.05) is 5.32 Å². The number of nitrogens with zero attached hydrogens (tertiary/aromatic N) is 2. The van der Waals surface area contributed by atoms with Gasteiger partial charge in [0.2, 0.25) is 0 Å². The van der Waals surface area contributed by atoms with Crippen molar-refractivity contribution < 1.29 is 4.79 Å². The summed E-state index contributed by atoms with van der Waals surface area (Å²) in [5.74, 6) is -0.229. The first-order chi connectivity index (χ1) is 7.75. The smallest absolute Gasteiger partial charge is 0.274 e. The number of aromatic nitrogens is 2. The van der Waals surface area contributed by atoms with Crippen LogP contribution >= 0.6 is 0 Å². The van der Waals surface area contributed by atoms with Crippen LogP contribution in [0.3, 0.4) is 0 Å². The topological polar surface area (TPSA) is 54.9 Å². The summed E-state index contributed by atoms with van der Waals surface area (Å²) in [5, 5.41) is 2.77. The maximum Gasteiger partial charge on any atom is 0.274 e. The minimum absolute atomic E-state index is 0.229. The minimum atomic E-state index is -0.229. The zero-order valence-electron chi connectivity index (χ0n) is 8.84. The zero-order chi connectivity index (χ0) is 11.4. The number of hydrogen-bond acceptors (Lipinski definition) is 3. The highest BCUT2D eigenvalue weighted by atomic mass is 16.1. The molecule has 1 aromatic heterocycles.